The molecule has 0 fully saturated rings. The van der Waals surface area contributed by atoms with Gasteiger partial charge in [0.15, 0.2) is 6.10 Å². The average Bonchev–Trinajstić information content (AvgIpc) is 3.19. The number of ether oxygens (including phenoxy) is 3. The summed E-state index contributed by atoms with van der Waals surface area (Å²) in [7, 11) is 0. The van der Waals surface area contributed by atoms with Gasteiger partial charge in [-0.3, -0.25) is 14.4 Å². The van der Waals surface area contributed by atoms with Crippen LogP contribution in [0.5, 0.6) is 0 Å². The summed E-state index contributed by atoms with van der Waals surface area (Å²) < 4.78 is 16.6. The van der Waals surface area contributed by atoms with E-state index in [1.54, 1.807) is 0 Å². The van der Waals surface area contributed by atoms with E-state index in [9.17, 15) is 14.4 Å². The van der Waals surface area contributed by atoms with Gasteiger partial charge in [-0.05, 0) is 103 Å². The molecule has 0 radical (unpaired) electrons. The molecular formula is C50H82O6. The quantitative estimate of drug-likeness (QED) is 0.0268. The van der Waals surface area contributed by atoms with E-state index in [4.69, 9.17) is 14.2 Å². The van der Waals surface area contributed by atoms with Crippen LogP contribution in [0, 0.1) is 0 Å². The predicted octanol–water partition coefficient (Wildman–Crippen LogP) is 14.5. The first-order chi connectivity index (χ1) is 27.5. The van der Waals surface area contributed by atoms with Gasteiger partial charge in [0.2, 0.25) is 0 Å². The van der Waals surface area contributed by atoms with Crippen molar-refractivity contribution in [2.75, 3.05) is 13.2 Å². The minimum atomic E-state index is -0.799. The molecule has 56 heavy (non-hydrogen) atoms. The summed E-state index contributed by atoms with van der Waals surface area (Å²) >= 11 is 0. The molecule has 0 bridgehead atoms. The third-order valence-electron chi connectivity index (χ3n) is 9.11. The van der Waals surface area contributed by atoms with E-state index in [1.807, 2.05) is 0 Å². The number of hydrogen-bond acceptors (Lipinski definition) is 6. The second kappa shape index (κ2) is 44.3. The van der Waals surface area contributed by atoms with Crippen LogP contribution >= 0.6 is 0 Å². The van der Waals surface area contributed by atoms with Crippen LogP contribution in [-0.2, 0) is 28.6 Å². The molecule has 0 aliphatic heterocycles. The maximum absolute atomic E-state index is 12.7. The number of carbonyl (C=O) groups excluding carboxylic acids is 3. The predicted molar refractivity (Wildman–Crippen MR) is 237 cm³/mol. The summed E-state index contributed by atoms with van der Waals surface area (Å²) in [4.78, 5) is 37.7. The van der Waals surface area contributed by atoms with Gasteiger partial charge >= 0.3 is 17.9 Å². The highest BCUT2D eigenvalue weighted by atomic mass is 16.6. The van der Waals surface area contributed by atoms with Crippen molar-refractivity contribution < 1.29 is 28.6 Å². The molecule has 0 saturated heterocycles. The summed E-state index contributed by atoms with van der Waals surface area (Å²) in [6, 6.07) is 0. The van der Waals surface area contributed by atoms with Gasteiger partial charge in [-0.1, -0.05) is 157 Å². The maximum Gasteiger partial charge on any atom is 0.306 e. The molecule has 0 aromatic rings. The first kappa shape index (κ1) is 52.6. The third kappa shape index (κ3) is 41.7. The Hall–Kier alpha value is -3.41. The van der Waals surface area contributed by atoms with Gasteiger partial charge in [0, 0.05) is 19.3 Å². The number of esters is 3. The number of rotatable bonds is 39. The minimum absolute atomic E-state index is 0.100. The van der Waals surface area contributed by atoms with E-state index in [-0.39, 0.29) is 31.1 Å². The fraction of sp³-hybridized carbons (Fsp3) is 0.660. The zero-order valence-corrected chi connectivity index (χ0v) is 36.1. The Balaban J connectivity index is 4.46. The Morgan fingerprint density at radius 1 is 0.375 bits per heavy atom. The van der Waals surface area contributed by atoms with Gasteiger partial charge in [-0.25, -0.2) is 0 Å². The number of hydrogen-bond donors (Lipinski definition) is 0. The van der Waals surface area contributed by atoms with Crippen molar-refractivity contribution in [1.82, 2.24) is 0 Å². The Morgan fingerprint density at radius 2 is 0.696 bits per heavy atom. The molecule has 0 aliphatic rings. The normalized spacial score (nSPS) is 12.8. The van der Waals surface area contributed by atoms with E-state index in [0.717, 1.165) is 141 Å². The van der Waals surface area contributed by atoms with E-state index in [0.29, 0.717) is 19.3 Å². The van der Waals surface area contributed by atoms with Crippen LogP contribution < -0.4 is 0 Å². The lowest BCUT2D eigenvalue weighted by molar-refractivity contribution is -0.167. The summed E-state index contributed by atoms with van der Waals surface area (Å²) in [5, 5.41) is 0. The Labute approximate surface area is 344 Å². The first-order valence-corrected chi connectivity index (χ1v) is 22.6. The minimum Gasteiger partial charge on any atom is -0.462 e. The van der Waals surface area contributed by atoms with Crippen LogP contribution in [0.1, 0.15) is 194 Å². The standard InChI is InChI=1S/C50H82O6/c1-4-7-10-13-16-19-22-24-25-26-27-29-31-34-37-40-43-49(52)55-46-47(45-54-48(51)42-39-36-33-30-21-18-15-12-9-6-3)56-50(53)44-41-38-35-32-28-23-20-17-14-11-8-5-2/h7-8,10-11,15-20,24-25,27,29,47H,4-6,9,12-14,21-23,26,28,30-46H2,1-3H3/b10-7-,11-8-,18-15-,19-16-,20-17-,25-24-,29-27-. The lowest BCUT2D eigenvalue weighted by atomic mass is 10.1. The first-order valence-electron chi connectivity index (χ1n) is 22.6. The molecule has 0 aliphatic carbocycles. The molecule has 6 nitrogen and oxygen atoms in total. The lowest BCUT2D eigenvalue weighted by Crippen LogP contribution is -2.30. The number of allylic oxidation sites excluding steroid dienone is 14. The highest BCUT2D eigenvalue weighted by molar-refractivity contribution is 5.71. The molecule has 1 atom stereocenters. The van der Waals surface area contributed by atoms with Crippen LogP contribution in [0.3, 0.4) is 0 Å². The molecule has 0 saturated carbocycles. The second-order valence-electron chi connectivity index (χ2n) is 14.5. The molecular weight excluding hydrogens is 697 g/mol. The van der Waals surface area contributed by atoms with Gasteiger partial charge < -0.3 is 14.2 Å². The molecule has 0 amide bonds. The lowest BCUT2D eigenvalue weighted by Gasteiger charge is -2.18. The molecule has 0 spiro atoms. The zero-order valence-electron chi connectivity index (χ0n) is 36.1. The summed E-state index contributed by atoms with van der Waals surface area (Å²) in [5.41, 5.74) is 0. The van der Waals surface area contributed by atoms with Crippen LogP contribution in [0.4, 0.5) is 0 Å². The van der Waals surface area contributed by atoms with E-state index >= 15 is 0 Å². The van der Waals surface area contributed by atoms with Crippen LogP contribution in [0.2, 0.25) is 0 Å². The third-order valence-corrected chi connectivity index (χ3v) is 9.11. The second-order valence-corrected chi connectivity index (χ2v) is 14.5. The van der Waals surface area contributed by atoms with Crippen molar-refractivity contribution in [3.63, 3.8) is 0 Å². The molecule has 0 aromatic heterocycles. The summed E-state index contributed by atoms with van der Waals surface area (Å²) in [5.74, 6) is -0.969. The highest BCUT2D eigenvalue weighted by Crippen LogP contribution is 2.12. The van der Waals surface area contributed by atoms with Gasteiger partial charge in [0.1, 0.15) is 13.2 Å². The topological polar surface area (TPSA) is 78.9 Å². The van der Waals surface area contributed by atoms with Gasteiger partial charge in [-0.2, -0.15) is 0 Å². The van der Waals surface area contributed by atoms with Gasteiger partial charge in [-0.15, -0.1) is 0 Å². The smallest absolute Gasteiger partial charge is 0.306 e. The van der Waals surface area contributed by atoms with Crippen molar-refractivity contribution in [2.45, 2.75) is 200 Å². The van der Waals surface area contributed by atoms with E-state index < -0.39 is 6.10 Å². The van der Waals surface area contributed by atoms with Crippen molar-refractivity contribution in [3.05, 3.63) is 85.1 Å². The van der Waals surface area contributed by atoms with Crippen LogP contribution in [0.15, 0.2) is 85.1 Å². The van der Waals surface area contributed by atoms with Crippen LogP contribution in [-0.4, -0.2) is 37.2 Å². The Kier molecular flexibility index (Phi) is 41.6. The Bertz CT molecular complexity index is 1120. The fourth-order valence-corrected chi connectivity index (χ4v) is 5.74. The fourth-order valence-electron chi connectivity index (χ4n) is 5.74. The largest absolute Gasteiger partial charge is 0.462 e. The van der Waals surface area contributed by atoms with Crippen molar-refractivity contribution in [3.8, 4) is 0 Å². The SMILES string of the molecule is CC/C=C\C/C=C\C/C=C\C/C=C\CCCCCC(=O)OCC(COC(=O)CCCCCC/C=C\CCCC)OC(=O)CCCCCCC/C=C\C/C=C\CC. The van der Waals surface area contributed by atoms with Crippen molar-refractivity contribution in [2.24, 2.45) is 0 Å². The molecule has 0 heterocycles. The molecule has 0 aromatic carbocycles. The molecule has 0 N–H and O–H groups in total. The summed E-state index contributed by atoms with van der Waals surface area (Å²) in [6.45, 7) is 6.29. The molecule has 0 rings (SSSR count). The van der Waals surface area contributed by atoms with Crippen LogP contribution in [0.25, 0.3) is 0 Å². The summed E-state index contributed by atoms with van der Waals surface area (Å²) in [6.07, 6.45) is 55.7. The number of carbonyl (C=O) groups is 3. The van der Waals surface area contributed by atoms with Crippen molar-refractivity contribution >= 4 is 17.9 Å². The number of unbranched alkanes of at least 4 members (excludes halogenated alkanes) is 14. The molecule has 318 valence electrons. The molecule has 1 unspecified atom stereocenters. The zero-order chi connectivity index (χ0) is 40.8. The van der Waals surface area contributed by atoms with E-state index in [1.165, 1.54) is 12.8 Å². The van der Waals surface area contributed by atoms with E-state index in [2.05, 4.69) is 106 Å². The Morgan fingerprint density at radius 3 is 1.12 bits per heavy atom. The average molecular weight is 779 g/mol. The van der Waals surface area contributed by atoms with Gasteiger partial charge in [0.25, 0.3) is 0 Å². The highest BCUT2D eigenvalue weighted by Gasteiger charge is 2.19. The molecule has 6 heteroatoms. The van der Waals surface area contributed by atoms with Gasteiger partial charge in [0.05, 0.1) is 0 Å². The van der Waals surface area contributed by atoms with Crippen molar-refractivity contribution in [1.29, 1.82) is 0 Å². The maximum atomic E-state index is 12.7. The monoisotopic (exact) mass is 779 g/mol.